The summed E-state index contributed by atoms with van der Waals surface area (Å²) in [5.41, 5.74) is 1.26. The summed E-state index contributed by atoms with van der Waals surface area (Å²) in [6, 6.07) is 8.17. The van der Waals surface area contributed by atoms with Gasteiger partial charge in [0.15, 0.2) is 11.5 Å². The number of carboxylic acid groups (broad SMARTS) is 1. The lowest BCUT2D eigenvalue weighted by Crippen LogP contribution is -2.05. The maximum atomic E-state index is 11.3. The molecule has 0 aromatic heterocycles. The van der Waals surface area contributed by atoms with Gasteiger partial charge in [0.25, 0.3) is 0 Å². The van der Waals surface area contributed by atoms with Gasteiger partial charge in [0, 0.05) is 11.1 Å². The van der Waals surface area contributed by atoms with Crippen molar-refractivity contribution < 1.29 is 30.0 Å². The number of benzene rings is 2. The van der Waals surface area contributed by atoms with Crippen LogP contribution in [0, 0.1) is 0 Å². The first-order valence-corrected chi connectivity index (χ1v) is 11.6. The quantitative estimate of drug-likeness (QED) is 0.199. The minimum atomic E-state index is -1.15. The molecule has 0 fully saturated rings. The molecule has 0 bridgehead atoms. The van der Waals surface area contributed by atoms with Crippen molar-refractivity contribution in [3.8, 4) is 23.0 Å². The maximum absolute atomic E-state index is 11.3. The number of rotatable bonds is 14. The number of hydrogen-bond donors (Lipinski definition) is 4. The number of hydrogen-bond acceptors (Lipinski definition) is 5. The summed E-state index contributed by atoms with van der Waals surface area (Å²) in [7, 11) is 0. The van der Waals surface area contributed by atoms with Gasteiger partial charge in [-0.1, -0.05) is 58.1 Å². The van der Waals surface area contributed by atoms with Crippen LogP contribution in [0.3, 0.4) is 0 Å². The number of carboxylic acids is 1. The van der Waals surface area contributed by atoms with E-state index < -0.39 is 5.97 Å². The van der Waals surface area contributed by atoms with Crippen molar-refractivity contribution in [2.24, 2.45) is 0 Å². The Morgan fingerprint density at radius 2 is 1.66 bits per heavy atom. The van der Waals surface area contributed by atoms with Crippen LogP contribution in [-0.2, 0) is 6.42 Å². The Morgan fingerprint density at radius 1 is 0.906 bits per heavy atom. The molecule has 2 aromatic rings. The first kappa shape index (κ1) is 25.4. The molecule has 2 aromatic carbocycles. The van der Waals surface area contributed by atoms with Gasteiger partial charge < -0.3 is 25.2 Å². The highest BCUT2D eigenvalue weighted by atomic mass is 16.5. The molecule has 0 aliphatic heterocycles. The van der Waals surface area contributed by atoms with E-state index in [0.29, 0.717) is 24.3 Å². The molecule has 0 saturated heterocycles. The van der Waals surface area contributed by atoms with Crippen LogP contribution in [0.2, 0.25) is 0 Å². The summed E-state index contributed by atoms with van der Waals surface area (Å²) in [5, 5.41) is 39.6. The van der Waals surface area contributed by atoms with E-state index in [0.717, 1.165) is 56.9 Å². The lowest BCUT2D eigenvalue weighted by molar-refractivity contribution is 0.0693. The number of ether oxygens (including phenoxy) is 1. The van der Waals surface area contributed by atoms with Crippen molar-refractivity contribution in [2.45, 2.75) is 77.6 Å². The second-order valence-corrected chi connectivity index (χ2v) is 8.25. The Kier molecular flexibility index (Phi) is 10.2. The second kappa shape index (κ2) is 12.8. The zero-order valence-electron chi connectivity index (χ0n) is 19.1. The first-order chi connectivity index (χ1) is 15.4. The highest BCUT2D eigenvalue weighted by Gasteiger charge is 2.18. The number of phenolic OH excluding ortho intramolecular Hbond substituents is 2. The van der Waals surface area contributed by atoms with Gasteiger partial charge in [-0.05, 0) is 49.8 Å². The summed E-state index contributed by atoms with van der Waals surface area (Å²) >= 11 is 0. The van der Waals surface area contributed by atoms with Crippen LogP contribution in [0.1, 0.15) is 92.6 Å². The van der Waals surface area contributed by atoms with Crippen molar-refractivity contribution in [3.63, 3.8) is 0 Å². The van der Waals surface area contributed by atoms with Gasteiger partial charge in [0.05, 0.1) is 6.61 Å². The summed E-state index contributed by atoms with van der Waals surface area (Å²) in [6.45, 7) is 4.60. The number of aromatic carboxylic acids is 1. The lowest BCUT2D eigenvalue weighted by Gasteiger charge is -2.19. The van der Waals surface area contributed by atoms with Crippen LogP contribution in [0.25, 0.3) is 0 Å². The van der Waals surface area contributed by atoms with Crippen LogP contribution in [-0.4, -0.2) is 33.0 Å². The van der Waals surface area contributed by atoms with Crippen molar-refractivity contribution in [1.29, 1.82) is 0 Å². The van der Waals surface area contributed by atoms with E-state index >= 15 is 0 Å². The van der Waals surface area contributed by atoms with Crippen molar-refractivity contribution in [2.75, 3.05) is 6.61 Å². The average Bonchev–Trinajstić information content (AvgIpc) is 2.76. The molecule has 2 rings (SSSR count). The summed E-state index contributed by atoms with van der Waals surface area (Å²) < 4.78 is 5.87. The number of phenols is 3. The third-order valence-electron chi connectivity index (χ3n) is 5.82. The summed E-state index contributed by atoms with van der Waals surface area (Å²) in [5.74, 6) is -0.690. The van der Waals surface area contributed by atoms with Crippen LogP contribution < -0.4 is 4.74 Å². The molecular formula is C26H36O6. The maximum Gasteiger partial charge on any atom is 0.339 e. The normalized spacial score (nSPS) is 11.9. The van der Waals surface area contributed by atoms with E-state index in [1.807, 2.05) is 13.0 Å². The number of carbonyl (C=O) groups is 1. The van der Waals surface area contributed by atoms with Crippen LogP contribution in [0.4, 0.5) is 0 Å². The molecule has 1 atom stereocenters. The van der Waals surface area contributed by atoms with Crippen LogP contribution >= 0.6 is 0 Å². The van der Waals surface area contributed by atoms with E-state index in [1.165, 1.54) is 12.1 Å². The zero-order chi connectivity index (χ0) is 23.5. The van der Waals surface area contributed by atoms with Crippen LogP contribution in [0.5, 0.6) is 23.0 Å². The monoisotopic (exact) mass is 444 g/mol. The van der Waals surface area contributed by atoms with E-state index in [2.05, 4.69) is 6.92 Å². The van der Waals surface area contributed by atoms with Gasteiger partial charge in [-0.3, -0.25) is 0 Å². The molecule has 1 unspecified atom stereocenters. The molecule has 0 aliphatic carbocycles. The minimum Gasteiger partial charge on any atom is -0.507 e. The fourth-order valence-electron chi connectivity index (χ4n) is 4.05. The fourth-order valence-corrected chi connectivity index (χ4v) is 4.05. The van der Waals surface area contributed by atoms with Gasteiger partial charge >= 0.3 is 5.97 Å². The van der Waals surface area contributed by atoms with Gasteiger partial charge in [-0.15, -0.1) is 0 Å². The number of para-hydroxylation sites is 1. The van der Waals surface area contributed by atoms with Crippen molar-refractivity contribution in [3.05, 3.63) is 47.0 Å². The Hall–Kier alpha value is -2.89. The predicted molar refractivity (Wildman–Crippen MR) is 125 cm³/mol. The van der Waals surface area contributed by atoms with E-state index in [1.54, 1.807) is 12.1 Å². The smallest absolute Gasteiger partial charge is 0.339 e. The molecule has 0 saturated carbocycles. The first-order valence-electron chi connectivity index (χ1n) is 11.6. The molecule has 176 valence electrons. The Balaban J connectivity index is 1.89. The molecular weight excluding hydrogens is 408 g/mol. The third kappa shape index (κ3) is 6.81. The number of unbranched alkanes of at least 4 members (excludes halogenated alkanes) is 3. The lowest BCUT2D eigenvalue weighted by atomic mass is 9.88. The molecule has 0 radical (unpaired) electrons. The van der Waals surface area contributed by atoms with E-state index in [-0.39, 0.29) is 28.7 Å². The minimum absolute atomic E-state index is 0.00925. The van der Waals surface area contributed by atoms with Crippen molar-refractivity contribution >= 4 is 5.97 Å². The average molecular weight is 445 g/mol. The Labute approximate surface area is 190 Å². The largest absolute Gasteiger partial charge is 0.507 e. The molecule has 0 spiro atoms. The molecule has 4 N–H and O–H groups in total. The van der Waals surface area contributed by atoms with Crippen molar-refractivity contribution in [1.82, 2.24) is 0 Å². The van der Waals surface area contributed by atoms with E-state index in [4.69, 9.17) is 4.74 Å². The Bertz CT molecular complexity index is 877. The summed E-state index contributed by atoms with van der Waals surface area (Å²) in [6.07, 6.45) is 8.12. The second-order valence-electron chi connectivity index (χ2n) is 8.25. The standard InChI is InChI=1S/C26H36O6/c1-3-5-11-18(19-13-9-14-22(27)25(19)29)12-7-6-8-17-32-23-16-15-21(26(30)31)24(28)20(23)10-4-2/h9,13-16,18,27-29H,3-8,10-12,17H2,1-2H3,(H,30,31). The number of aromatic hydroxyl groups is 3. The van der Waals surface area contributed by atoms with Crippen LogP contribution in [0.15, 0.2) is 30.3 Å². The molecule has 32 heavy (non-hydrogen) atoms. The van der Waals surface area contributed by atoms with Gasteiger partial charge in [0.1, 0.15) is 17.1 Å². The third-order valence-corrected chi connectivity index (χ3v) is 5.82. The topological polar surface area (TPSA) is 107 Å². The highest BCUT2D eigenvalue weighted by Crippen LogP contribution is 2.38. The predicted octanol–water partition coefficient (Wildman–Crippen LogP) is 6.37. The van der Waals surface area contributed by atoms with E-state index in [9.17, 15) is 25.2 Å². The molecule has 0 amide bonds. The molecule has 6 heteroatoms. The molecule has 0 aliphatic rings. The van der Waals surface area contributed by atoms with Gasteiger partial charge in [-0.2, -0.15) is 0 Å². The fraction of sp³-hybridized carbons (Fsp3) is 0.500. The zero-order valence-corrected chi connectivity index (χ0v) is 19.1. The SMILES string of the molecule is CCCCC(CCCCCOc1ccc(C(=O)O)c(O)c1CCC)c1cccc(O)c1O. The molecule has 6 nitrogen and oxygen atoms in total. The Morgan fingerprint density at radius 3 is 2.34 bits per heavy atom. The van der Waals surface area contributed by atoms with Gasteiger partial charge in [0.2, 0.25) is 0 Å². The molecule has 0 heterocycles. The summed E-state index contributed by atoms with van der Waals surface area (Å²) in [4.78, 5) is 11.3. The van der Waals surface area contributed by atoms with Gasteiger partial charge in [-0.25, -0.2) is 4.79 Å². The highest BCUT2D eigenvalue weighted by molar-refractivity contribution is 5.91.